The van der Waals surface area contributed by atoms with E-state index in [4.69, 9.17) is 4.74 Å². The minimum Gasteiger partial charge on any atom is -0.488 e. The predicted octanol–water partition coefficient (Wildman–Crippen LogP) is 5.64. The molecule has 3 aromatic rings. The van der Waals surface area contributed by atoms with Gasteiger partial charge in [-0.1, -0.05) is 46.3 Å². The lowest BCUT2D eigenvalue weighted by atomic mass is 10.1. The highest BCUT2D eigenvalue weighted by atomic mass is 79.9. The van der Waals surface area contributed by atoms with Gasteiger partial charge >= 0.3 is 0 Å². The summed E-state index contributed by atoms with van der Waals surface area (Å²) >= 11 is 3.48. The minimum absolute atomic E-state index is 0.177. The van der Waals surface area contributed by atoms with E-state index in [0.29, 0.717) is 12.1 Å². The zero-order valence-electron chi connectivity index (χ0n) is 14.7. The second kappa shape index (κ2) is 9.62. The van der Waals surface area contributed by atoms with Gasteiger partial charge in [-0.2, -0.15) is 0 Å². The van der Waals surface area contributed by atoms with E-state index < -0.39 is 0 Å². The van der Waals surface area contributed by atoms with Crippen molar-refractivity contribution >= 4 is 15.9 Å². The van der Waals surface area contributed by atoms with Crippen molar-refractivity contribution in [1.29, 1.82) is 0 Å². The number of nitrogens with one attached hydrogen (secondary N) is 1. The fourth-order valence-electron chi connectivity index (χ4n) is 2.70. The van der Waals surface area contributed by atoms with E-state index in [1.165, 1.54) is 18.2 Å². The third-order valence-corrected chi connectivity index (χ3v) is 4.68. The molecule has 5 heteroatoms. The molecule has 1 N–H and O–H groups in total. The second-order valence-electron chi connectivity index (χ2n) is 6.19. The van der Waals surface area contributed by atoms with Crippen molar-refractivity contribution in [2.24, 2.45) is 0 Å². The summed E-state index contributed by atoms with van der Waals surface area (Å²) in [5.41, 5.74) is 2.59. The van der Waals surface area contributed by atoms with Gasteiger partial charge in [-0.15, -0.1) is 0 Å². The van der Waals surface area contributed by atoms with Crippen LogP contribution in [0.3, 0.4) is 0 Å². The largest absolute Gasteiger partial charge is 0.488 e. The highest BCUT2D eigenvalue weighted by molar-refractivity contribution is 9.10. The lowest BCUT2D eigenvalue weighted by Gasteiger charge is -2.13. The molecule has 27 heavy (non-hydrogen) atoms. The van der Waals surface area contributed by atoms with Gasteiger partial charge in [0.15, 0.2) is 0 Å². The van der Waals surface area contributed by atoms with Crippen LogP contribution >= 0.6 is 15.9 Å². The van der Waals surface area contributed by atoms with Gasteiger partial charge in [-0.3, -0.25) is 0 Å². The van der Waals surface area contributed by atoms with Crippen LogP contribution in [-0.2, 0) is 19.6 Å². The van der Waals surface area contributed by atoms with Crippen molar-refractivity contribution in [3.05, 3.63) is 99.5 Å². The summed E-state index contributed by atoms with van der Waals surface area (Å²) in [7, 11) is 0. The first kappa shape index (κ1) is 19.5. The SMILES string of the molecule is Fc1ccc(CCNCc2cc(Br)ccc2OCc2ccccc2F)cc1. The Morgan fingerprint density at radius 1 is 0.889 bits per heavy atom. The first-order valence-corrected chi connectivity index (χ1v) is 9.51. The summed E-state index contributed by atoms with van der Waals surface area (Å²) < 4.78 is 33.5. The molecule has 0 aliphatic heterocycles. The Morgan fingerprint density at radius 3 is 2.44 bits per heavy atom. The van der Waals surface area contributed by atoms with Gasteiger partial charge in [-0.25, -0.2) is 8.78 Å². The molecule has 0 bridgehead atoms. The topological polar surface area (TPSA) is 21.3 Å². The standard InChI is InChI=1S/C22H20BrF2NO/c23-19-7-10-22(27-15-17-3-1-2-4-21(17)25)18(13-19)14-26-12-11-16-5-8-20(24)9-6-16/h1-10,13,26H,11-12,14-15H2. The average molecular weight is 432 g/mol. The van der Waals surface area contributed by atoms with E-state index in [0.717, 1.165) is 34.3 Å². The first-order valence-electron chi connectivity index (χ1n) is 8.71. The van der Waals surface area contributed by atoms with Crippen molar-refractivity contribution in [2.75, 3.05) is 6.54 Å². The molecule has 0 aliphatic rings. The van der Waals surface area contributed by atoms with Crippen molar-refractivity contribution in [3.8, 4) is 5.75 Å². The summed E-state index contributed by atoms with van der Waals surface area (Å²) in [5, 5.41) is 3.37. The average Bonchev–Trinajstić information content (AvgIpc) is 2.67. The molecule has 0 fully saturated rings. The molecule has 0 heterocycles. The van der Waals surface area contributed by atoms with Crippen molar-refractivity contribution in [2.45, 2.75) is 19.6 Å². The minimum atomic E-state index is -0.270. The summed E-state index contributed by atoms with van der Waals surface area (Å²) in [6, 6.07) is 18.9. The van der Waals surface area contributed by atoms with Gasteiger partial charge < -0.3 is 10.1 Å². The van der Waals surface area contributed by atoms with Crippen LogP contribution in [0.4, 0.5) is 8.78 Å². The highest BCUT2D eigenvalue weighted by Crippen LogP contribution is 2.24. The van der Waals surface area contributed by atoms with Crippen LogP contribution < -0.4 is 10.1 Å². The molecule has 0 aromatic heterocycles. The maximum Gasteiger partial charge on any atom is 0.129 e. The monoisotopic (exact) mass is 431 g/mol. The highest BCUT2D eigenvalue weighted by Gasteiger charge is 2.07. The predicted molar refractivity (Wildman–Crippen MR) is 107 cm³/mol. The van der Waals surface area contributed by atoms with Crippen LogP contribution in [0.5, 0.6) is 5.75 Å². The third-order valence-electron chi connectivity index (χ3n) is 4.18. The smallest absolute Gasteiger partial charge is 0.129 e. The maximum absolute atomic E-state index is 13.8. The second-order valence-corrected chi connectivity index (χ2v) is 7.10. The van der Waals surface area contributed by atoms with Crippen LogP contribution in [0.25, 0.3) is 0 Å². The maximum atomic E-state index is 13.8. The zero-order chi connectivity index (χ0) is 19.1. The molecule has 0 spiro atoms. The Hall–Kier alpha value is -2.24. The normalized spacial score (nSPS) is 10.8. The Bertz CT molecular complexity index is 884. The summed E-state index contributed by atoms with van der Waals surface area (Å²) in [6.45, 7) is 1.55. The Balaban J connectivity index is 1.57. The van der Waals surface area contributed by atoms with E-state index in [9.17, 15) is 8.78 Å². The molecule has 0 atom stereocenters. The van der Waals surface area contributed by atoms with Gasteiger partial charge in [0, 0.05) is 22.1 Å². The van der Waals surface area contributed by atoms with Crippen LogP contribution in [0.2, 0.25) is 0 Å². The van der Waals surface area contributed by atoms with Gasteiger partial charge in [0.2, 0.25) is 0 Å². The Kier molecular flexibility index (Phi) is 6.96. The number of benzene rings is 3. The molecule has 2 nitrogen and oxygen atoms in total. The number of hydrogen-bond acceptors (Lipinski definition) is 2. The lowest BCUT2D eigenvalue weighted by molar-refractivity contribution is 0.296. The van der Waals surface area contributed by atoms with Gasteiger partial charge in [-0.05, 0) is 54.9 Å². The van der Waals surface area contributed by atoms with E-state index in [1.54, 1.807) is 30.3 Å². The van der Waals surface area contributed by atoms with E-state index in [-0.39, 0.29) is 18.2 Å². The number of ether oxygens (including phenoxy) is 1. The quantitative estimate of drug-likeness (QED) is 0.466. The van der Waals surface area contributed by atoms with Crippen LogP contribution in [0.15, 0.2) is 71.2 Å². The fraction of sp³-hybridized carbons (Fsp3) is 0.182. The molecule has 0 aliphatic carbocycles. The fourth-order valence-corrected chi connectivity index (χ4v) is 3.11. The number of halogens is 3. The lowest BCUT2D eigenvalue weighted by Crippen LogP contribution is -2.17. The molecule has 0 saturated carbocycles. The van der Waals surface area contributed by atoms with Crippen molar-refractivity contribution in [3.63, 3.8) is 0 Å². The van der Waals surface area contributed by atoms with Gasteiger partial charge in [0.25, 0.3) is 0 Å². The van der Waals surface area contributed by atoms with Crippen LogP contribution in [-0.4, -0.2) is 6.54 Å². The molecule has 0 amide bonds. The Morgan fingerprint density at radius 2 is 1.67 bits per heavy atom. The summed E-state index contributed by atoms with van der Waals surface area (Å²) in [5.74, 6) is 0.224. The van der Waals surface area contributed by atoms with E-state index in [2.05, 4.69) is 21.2 Å². The third kappa shape index (κ3) is 5.88. The molecule has 3 aromatic carbocycles. The summed E-state index contributed by atoms with van der Waals surface area (Å²) in [4.78, 5) is 0. The van der Waals surface area contributed by atoms with Gasteiger partial charge in [0.1, 0.15) is 24.0 Å². The molecular weight excluding hydrogens is 412 g/mol. The number of hydrogen-bond donors (Lipinski definition) is 1. The zero-order valence-corrected chi connectivity index (χ0v) is 16.3. The molecule has 140 valence electrons. The molecule has 0 unspecified atom stereocenters. The molecular formula is C22H20BrF2NO. The van der Waals surface area contributed by atoms with Crippen LogP contribution in [0.1, 0.15) is 16.7 Å². The number of rotatable bonds is 8. The van der Waals surface area contributed by atoms with Crippen molar-refractivity contribution in [1.82, 2.24) is 5.32 Å². The van der Waals surface area contributed by atoms with E-state index >= 15 is 0 Å². The molecule has 3 rings (SSSR count). The van der Waals surface area contributed by atoms with E-state index in [1.807, 2.05) is 18.2 Å². The molecule has 0 saturated heterocycles. The first-order chi connectivity index (χ1) is 13.1. The molecule has 0 radical (unpaired) electrons. The van der Waals surface area contributed by atoms with Crippen molar-refractivity contribution < 1.29 is 13.5 Å². The Labute approximate surface area is 166 Å². The van der Waals surface area contributed by atoms with Crippen LogP contribution in [0, 0.1) is 11.6 Å². The summed E-state index contributed by atoms with van der Waals surface area (Å²) in [6.07, 6.45) is 0.805. The van der Waals surface area contributed by atoms with Gasteiger partial charge in [0.05, 0.1) is 0 Å².